The summed E-state index contributed by atoms with van der Waals surface area (Å²) in [4.78, 5) is 30.4. The second-order valence-electron chi connectivity index (χ2n) is 5.92. The number of alkyl halides is 3. The van der Waals surface area contributed by atoms with Crippen molar-refractivity contribution in [2.24, 2.45) is 5.73 Å². The molecular formula is C18H14F3N8O3-. The normalized spacial score (nSPS) is 10.4. The van der Waals surface area contributed by atoms with Gasteiger partial charge in [0, 0.05) is 18.3 Å². The average Bonchev–Trinajstić information content (AvgIpc) is 3.23. The Morgan fingerprint density at radius 2 is 1.66 bits per heavy atom. The molecule has 2 amide bonds. The second-order valence-corrected chi connectivity index (χ2v) is 5.92. The van der Waals surface area contributed by atoms with E-state index in [4.69, 9.17) is 16.8 Å². The van der Waals surface area contributed by atoms with Crippen LogP contribution in [0, 0.1) is 0 Å². The van der Waals surface area contributed by atoms with Crippen molar-refractivity contribution in [3.8, 4) is 11.4 Å². The molecule has 2 N–H and O–H groups in total. The van der Waals surface area contributed by atoms with E-state index in [-0.39, 0.29) is 11.6 Å². The molecule has 0 saturated heterocycles. The summed E-state index contributed by atoms with van der Waals surface area (Å²) in [7, 11) is 1.51. The van der Waals surface area contributed by atoms with Crippen LogP contribution in [0.4, 0.5) is 18.9 Å². The van der Waals surface area contributed by atoms with E-state index < -0.39 is 18.2 Å². The molecule has 0 unspecified atom stereocenters. The van der Waals surface area contributed by atoms with E-state index in [9.17, 15) is 22.8 Å². The number of carbonyl (C=O) groups is 2. The summed E-state index contributed by atoms with van der Waals surface area (Å²) in [6, 6.07) is 11.0. The number of carbonyl (C=O) groups excluding carboxylic acids is 2. The van der Waals surface area contributed by atoms with Crippen molar-refractivity contribution < 1.29 is 27.5 Å². The van der Waals surface area contributed by atoms with Gasteiger partial charge < -0.3 is 26.4 Å². The van der Waals surface area contributed by atoms with Crippen LogP contribution in [0.25, 0.3) is 21.7 Å². The number of primary amides is 1. The zero-order valence-corrected chi connectivity index (χ0v) is 16.3. The fourth-order valence-electron chi connectivity index (χ4n) is 2.40. The molecule has 166 valence electrons. The quantitative estimate of drug-likeness (QED) is 0.359. The lowest BCUT2D eigenvalue weighted by molar-refractivity contribution is -0.274. The number of halogens is 3. The van der Waals surface area contributed by atoms with E-state index in [2.05, 4.69) is 14.8 Å². The first-order chi connectivity index (χ1) is 15.1. The van der Waals surface area contributed by atoms with Gasteiger partial charge in [0.05, 0.1) is 5.69 Å². The molecule has 2 aromatic carbocycles. The smallest absolute Gasteiger partial charge is 0.406 e. The molecule has 3 aromatic rings. The number of aromatic nitrogens is 3. The minimum atomic E-state index is -4.78. The maximum Gasteiger partial charge on any atom is 0.573 e. The van der Waals surface area contributed by atoms with Crippen LogP contribution in [0.2, 0.25) is 0 Å². The van der Waals surface area contributed by atoms with E-state index in [0.717, 1.165) is 12.1 Å². The number of rotatable bonds is 5. The van der Waals surface area contributed by atoms with Crippen LogP contribution in [0.5, 0.6) is 5.75 Å². The Hall–Kier alpha value is -4.58. The van der Waals surface area contributed by atoms with Crippen LogP contribution in [0.1, 0.15) is 21.0 Å². The molecule has 0 saturated carbocycles. The van der Waals surface area contributed by atoms with Crippen LogP contribution < -0.4 is 15.4 Å². The molecule has 0 aliphatic rings. The third kappa shape index (κ3) is 6.21. The average molecular weight is 447 g/mol. The Kier molecular flexibility index (Phi) is 7.37. The van der Waals surface area contributed by atoms with Gasteiger partial charge in [-0.05, 0) is 48.5 Å². The molecule has 0 aliphatic carbocycles. The maximum absolute atomic E-state index is 12.6. The van der Waals surface area contributed by atoms with Gasteiger partial charge in [-0.1, -0.05) is 0 Å². The van der Waals surface area contributed by atoms with Crippen LogP contribution in [0.3, 0.4) is 0 Å². The summed E-state index contributed by atoms with van der Waals surface area (Å²) in [6.07, 6.45) is -3.52. The molecule has 14 heteroatoms. The fourth-order valence-corrected chi connectivity index (χ4v) is 2.40. The topological polar surface area (TPSA) is 162 Å². The highest BCUT2D eigenvalue weighted by Crippen LogP contribution is 2.23. The highest BCUT2D eigenvalue weighted by Gasteiger charge is 2.31. The molecule has 1 aromatic heterocycles. The summed E-state index contributed by atoms with van der Waals surface area (Å²) in [5.41, 5.74) is 19.9. The number of hydrogen-bond acceptors (Lipinski definition) is 5. The molecule has 1 heterocycles. The molecule has 32 heavy (non-hydrogen) atoms. The van der Waals surface area contributed by atoms with Crippen LogP contribution >= 0.6 is 0 Å². The maximum atomic E-state index is 12.6. The highest BCUT2D eigenvalue weighted by molar-refractivity contribution is 6.03. The number of ether oxygens (including phenoxy) is 1. The number of nitrogens with zero attached hydrogens (tertiary/aromatic N) is 7. The third-order valence-electron chi connectivity index (χ3n) is 3.86. The number of nitrogens with two attached hydrogens (primary N) is 1. The first kappa shape index (κ1) is 23.7. The first-order valence-electron chi connectivity index (χ1n) is 8.50. The molecule has 0 radical (unpaired) electrons. The zero-order chi connectivity index (χ0) is 23.9. The van der Waals surface area contributed by atoms with Crippen LogP contribution in [-0.4, -0.2) is 40.0 Å². The third-order valence-corrected chi connectivity index (χ3v) is 3.86. The van der Waals surface area contributed by atoms with Gasteiger partial charge in [0.1, 0.15) is 12.1 Å². The summed E-state index contributed by atoms with van der Waals surface area (Å²) >= 11 is 0. The molecule has 0 aliphatic heterocycles. The van der Waals surface area contributed by atoms with Crippen molar-refractivity contribution in [2.75, 3.05) is 11.9 Å². The predicted molar refractivity (Wildman–Crippen MR) is 106 cm³/mol. The summed E-state index contributed by atoms with van der Waals surface area (Å²) < 4.78 is 41.7. The minimum absolute atomic E-state index is 0.123. The number of hydrogen-bond donors (Lipinski definition) is 1. The number of benzene rings is 2. The molecular weight excluding hydrogens is 433 g/mol. The van der Waals surface area contributed by atoms with Gasteiger partial charge in [-0.25, -0.2) is 9.67 Å². The van der Waals surface area contributed by atoms with Crippen molar-refractivity contribution in [1.82, 2.24) is 14.8 Å². The predicted octanol–water partition coefficient (Wildman–Crippen LogP) is 3.41. The Bertz CT molecular complexity index is 1120. The van der Waals surface area contributed by atoms with Crippen molar-refractivity contribution in [3.63, 3.8) is 0 Å². The Balaban J connectivity index is 0.00000114. The number of amides is 2. The molecule has 0 fully saturated rings. The molecule has 0 atom stereocenters. The molecule has 11 nitrogen and oxygen atoms in total. The number of anilines is 1. The van der Waals surface area contributed by atoms with Gasteiger partial charge in [-0.3, -0.25) is 14.5 Å². The van der Waals surface area contributed by atoms with Crippen molar-refractivity contribution in [1.29, 1.82) is 0 Å². The lowest BCUT2D eigenvalue weighted by atomic mass is 10.2. The fraction of sp³-hybridized carbons (Fsp3) is 0.111. The zero-order valence-electron chi connectivity index (χ0n) is 16.3. The van der Waals surface area contributed by atoms with E-state index >= 15 is 0 Å². The van der Waals surface area contributed by atoms with Crippen molar-refractivity contribution in [2.45, 2.75) is 6.36 Å². The SMILES string of the molecule is CN(C(=O)c1ncn(-c2ccc(OC(F)(F)F)cc2)n1)c1ccc(C(N)=O)cc1.[N-]=[N+]=[N-]. The van der Waals surface area contributed by atoms with E-state index in [1.165, 1.54) is 52.1 Å². The summed E-state index contributed by atoms with van der Waals surface area (Å²) in [6.45, 7) is 0. The van der Waals surface area contributed by atoms with E-state index in [1.807, 2.05) is 0 Å². The van der Waals surface area contributed by atoms with Gasteiger partial charge >= 0.3 is 6.36 Å². The summed E-state index contributed by atoms with van der Waals surface area (Å²) in [5, 5.41) is 4.05. The van der Waals surface area contributed by atoms with Gasteiger partial charge in [-0.2, -0.15) is 0 Å². The summed E-state index contributed by atoms with van der Waals surface area (Å²) in [5.74, 6) is -1.61. The second kappa shape index (κ2) is 9.95. The molecule has 0 spiro atoms. The van der Waals surface area contributed by atoms with Crippen molar-refractivity contribution >= 4 is 17.5 Å². The van der Waals surface area contributed by atoms with Crippen LogP contribution in [-0.2, 0) is 0 Å². The molecule has 3 rings (SSSR count). The Labute approximate surface area is 178 Å². The lowest BCUT2D eigenvalue weighted by Gasteiger charge is -2.15. The van der Waals surface area contributed by atoms with Crippen molar-refractivity contribution in [3.05, 3.63) is 82.2 Å². The van der Waals surface area contributed by atoms with Gasteiger partial charge in [0.15, 0.2) is 0 Å². The van der Waals surface area contributed by atoms with Crippen LogP contribution in [0.15, 0.2) is 54.9 Å². The monoisotopic (exact) mass is 447 g/mol. The standard InChI is InChI=1S/C18H14F3N5O3.N3/c1-25(12-4-2-11(3-5-12)15(22)27)17(28)16-23-10-26(24-16)13-6-8-14(9-7-13)29-18(19,20)21;1-3-2/h2-10H,1H3,(H2,22,27);/q;-1. The first-order valence-corrected chi connectivity index (χ1v) is 8.50. The highest BCUT2D eigenvalue weighted by atomic mass is 19.4. The largest absolute Gasteiger partial charge is 0.573 e. The Morgan fingerprint density at radius 1 is 1.09 bits per heavy atom. The Morgan fingerprint density at radius 3 is 2.16 bits per heavy atom. The minimum Gasteiger partial charge on any atom is -0.406 e. The van der Waals surface area contributed by atoms with E-state index in [1.54, 1.807) is 12.1 Å². The molecule has 0 bridgehead atoms. The van der Waals surface area contributed by atoms with Gasteiger partial charge in [0.2, 0.25) is 11.7 Å². The lowest BCUT2D eigenvalue weighted by Crippen LogP contribution is -2.27. The van der Waals surface area contributed by atoms with E-state index in [0.29, 0.717) is 16.9 Å². The van der Waals surface area contributed by atoms with Gasteiger partial charge in [-0.15, -0.1) is 18.3 Å². The van der Waals surface area contributed by atoms with Gasteiger partial charge in [0.25, 0.3) is 5.91 Å².